The average molecular weight is 439 g/mol. The van der Waals surface area contributed by atoms with Crippen molar-refractivity contribution in [2.75, 3.05) is 11.1 Å². The van der Waals surface area contributed by atoms with Crippen LogP contribution in [0.15, 0.2) is 53.7 Å². The molecular weight excluding hydrogens is 408 g/mol. The van der Waals surface area contributed by atoms with Gasteiger partial charge in [0.1, 0.15) is 12.4 Å². The SMILES string of the molecule is Cc1ccc(NC(=O)CSc2nnc(COc3ccccc3)n2CCC(C)C)cc1C. The van der Waals surface area contributed by atoms with Crippen molar-refractivity contribution >= 4 is 23.4 Å². The molecule has 0 bridgehead atoms. The molecule has 31 heavy (non-hydrogen) atoms. The van der Waals surface area contributed by atoms with Crippen LogP contribution in [0, 0.1) is 19.8 Å². The van der Waals surface area contributed by atoms with Gasteiger partial charge in [-0.2, -0.15) is 0 Å². The summed E-state index contributed by atoms with van der Waals surface area (Å²) in [5, 5.41) is 12.4. The number of hydrogen-bond acceptors (Lipinski definition) is 5. The Bertz CT molecular complexity index is 1000. The molecule has 0 atom stereocenters. The number of hydrogen-bond donors (Lipinski definition) is 1. The highest BCUT2D eigenvalue weighted by molar-refractivity contribution is 7.99. The number of carbonyl (C=O) groups excluding carboxylic acids is 1. The maximum Gasteiger partial charge on any atom is 0.234 e. The predicted octanol–water partition coefficient (Wildman–Crippen LogP) is 5.25. The second kappa shape index (κ2) is 11.0. The molecule has 1 N–H and O–H groups in total. The van der Waals surface area contributed by atoms with Crippen LogP contribution < -0.4 is 10.1 Å². The molecule has 3 rings (SSSR count). The van der Waals surface area contributed by atoms with Gasteiger partial charge in [0.05, 0.1) is 5.75 Å². The second-order valence-electron chi connectivity index (χ2n) is 7.97. The number of nitrogens with zero attached hydrogens (tertiary/aromatic N) is 3. The number of carbonyl (C=O) groups is 1. The monoisotopic (exact) mass is 438 g/mol. The fourth-order valence-corrected chi connectivity index (χ4v) is 3.74. The number of aryl methyl sites for hydroxylation is 2. The van der Waals surface area contributed by atoms with Gasteiger partial charge in [0.25, 0.3) is 0 Å². The molecular formula is C24H30N4O2S. The van der Waals surface area contributed by atoms with E-state index in [1.807, 2.05) is 55.5 Å². The number of nitrogens with one attached hydrogen (secondary N) is 1. The van der Waals surface area contributed by atoms with E-state index in [2.05, 4.69) is 40.9 Å². The largest absolute Gasteiger partial charge is 0.486 e. The molecule has 1 heterocycles. The van der Waals surface area contributed by atoms with Crippen LogP contribution in [0.4, 0.5) is 5.69 Å². The maximum absolute atomic E-state index is 12.5. The Morgan fingerprint density at radius 3 is 2.58 bits per heavy atom. The number of para-hydroxylation sites is 1. The fraction of sp³-hybridized carbons (Fsp3) is 0.375. The molecule has 0 spiro atoms. The van der Waals surface area contributed by atoms with E-state index in [9.17, 15) is 4.79 Å². The van der Waals surface area contributed by atoms with Crippen LogP contribution in [0.5, 0.6) is 5.75 Å². The van der Waals surface area contributed by atoms with Crippen LogP contribution in [0.3, 0.4) is 0 Å². The van der Waals surface area contributed by atoms with E-state index in [1.165, 1.54) is 17.3 Å². The molecule has 6 nitrogen and oxygen atoms in total. The number of thioether (sulfide) groups is 1. The van der Waals surface area contributed by atoms with E-state index in [0.717, 1.165) is 40.9 Å². The first-order chi connectivity index (χ1) is 14.9. The molecule has 1 amide bonds. The van der Waals surface area contributed by atoms with Gasteiger partial charge in [0.15, 0.2) is 11.0 Å². The number of benzene rings is 2. The average Bonchev–Trinajstić information content (AvgIpc) is 3.14. The second-order valence-corrected chi connectivity index (χ2v) is 8.91. The zero-order valence-electron chi connectivity index (χ0n) is 18.6. The van der Waals surface area contributed by atoms with Gasteiger partial charge in [-0.05, 0) is 61.6 Å². The fourth-order valence-electron chi connectivity index (χ4n) is 2.96. The van der Waals surface area contributed by atoms with Crippen LogP contribution >= 0.6 is 11.8 Å². The van der Waals surface area contributed by atoms with Crippen molar-refractivity contribution in [2.24, 2.45) is 5.92 Å². The van der Waals surface area contributed by atoms with E-state index in [-0.39, 0.29) is 11.7 Å². The van der Waals surface area contributed by atoms with Crippen LogP contribution in [-0.4, -0.2) is 26.4 Å². The number of rotatable bonds is 10. The van der Waals surface area contributed by atoms with Crippen molar-refractivity contribution in [2.45, 2.75) is 52.4 Å². The highest BCUT2D eigenvalue weighted by atomic mass is 32.2. The van der Waals surface area contributed by atoms with Crippen molar-refractivity contribution in [3.05, 3.63) is 65.5 Å². The summed E-state index contributed by atoms with van der Waals surface area (Å²) in [6.45, 7) is 9.60. The molecule has 7 heteroatoms. The lowest BCUT2D eigenvalue weighted by molar-refractivity contribution is -0.113. The first-order valence-electron chi connectivity index (χ1n) is 10.5. The summed E-state index contributed by atoms with van der Waals surface area (Å²) in [6.07, 6.45) is 0.999. The highest BCUT2D eigenvalue weighted by Gasteiger charge is 2.15. The Morgan fingerprint density at radius 1 is 1.10 bits per heavy atom. The Kier molecular flexibility index (Phi) is 8.12. The zero-order chi connectivity index (χ0) is 22.2. The summed E-state index contributed by atoms with van der Waals surface area (Å²) in [7, 11) is 0. The predicted molar refractivity (Wildman–Crippen MR) is 126 cm³/mol. The van der Waals surface area contributed by atoms with E-state index in [1.54, 1.807) is 0 Å². The number of amides is 1. The quantitative estimate of drug-likeness (QED) is 0.438. The van der Waals surface area contributed by atoms with E-state index in [0.29, 0.717) is 12.5 Å². The van der Waals surface area contributed by atoms with Crippen LogP contribution in [-0.2, 0) is 17.9 Å². The van der Waals surface area contributed by atoms with Gasteiger partial charge in [-0.15, -0.1) is 10.2 Å². The van der Waals surface area contributed by atoms with E-state index in [4.69, 9.17) is 4.74 Å². The minimum Gasteiger partial charge on any atom is -0.486 e. The zero-order valence-corrected chi connectivity index (χ0v) is 19.4. The van der Waals surface area contributed by atoms with E-state index >= 15 is 0 Å². The lowest BCUT2D eigenvalue weighted by Crippen LogP contribution is -2.15. The Balaban J connectivity index is 1.63. The summed E-state index contributed by atoms with van der Waals surface area (Å²) in [5.41, 5.74) is 3.17. The maximum atomic E-state index is 12.5. The van der Waals surface area contributed by atoms with Gasteiger partial charge in [0, 0.05) is 12.2 Å². The first-order valence-corrected chi connectivity index (χ1v) is 11.5. The molecule has 0 saturated heterocycles. The van der Waals surface area contributed by atoms with Gasteiger partial charge < -0.3 is 14.6 Å². The molecule has 0 radical (unpaired) electrons. The van der Waals surface area contributed by atoms with Crippen LogP contribution in [0.25, 0.3) is 0 Å². The number of anilines is 1. The highest BCUT2D eigenvalue weighted by Crippen LogP contribution is 2.21. The van der Waals surface area contributed by atoms with Gasteiger partial charge in [-0.3, -0.25) is 4.79 Å². The molecule has 0 aliphatic heterocycles. The first kappa shape index (κ1) is 22.9. The molecule has 1 aromatic heterocycles. The normalized spacial score (nSPS) is 11.0. The van der Waals surface area contributed by atoms with Gasteiger partial charge >= 0.3 is 0 Å². The van der Waals surface area contributed by atoms with Gasteiger partial charge in [0.2, 0.25) is 5.91 Å². The molecule has 0 fully saturated rings. The van der Waals surface area contributed by atoms with Crippen molar-refractivity contribution in [1.29, 1.82) is 0 Å². The van der Waals surface area contributed by atoms with Crippen molar-refractivity contribution in [1.82, 2.24) is 14.8 Å². The third kappa shape index (κ3) is 6.85. The number of ether oxygens (including phenoxy) is 1. The van der Waals surface area contributed by atoms with Gasteiger partial charge in [-0.25, -0.2) is 0 Å². The van der Waals surface area contributed by atoms with Gasteiger partial charge in [-0.1, -0.05) is 49.9 Å². The summed E-state index contributed by atoms with van der Waals surface area (Å²) >= 11 is 1.40. The molecule has 0 unspecified atom stereocenters. The minimum atomic E-state index is -0.0613. The summed E-state index contributed by atoms with van der Waals surface area (Å²) < 4.78 is 7.93. The summed E-state index contributed by atoms with van der Waals surface area (Å²) in [5.74, 6) is 2.32. The topological polar surface area (TPSA) is 69.0 Å². The minimum absolute atomic E-state index is 0.0613. The summed E-state index contributed by atoms with van der Waals surface area (Å²) in [4.78, 5) is 12.5. The molecule has 3 aromatic rings. The Hall–Kier alpha value is -2.80. The third-order valence-corrected chi connectivity index (χ3v) is 5.92. The molecule has 164 valence electrons. The Morgan fingerprint density at radius 2 is 1.87 bits per heavy atom. The third-order valence-electron chi connectivity index (χ3n) is 4.96. The lowest BCUT2D eigenvalue weighted by atomic mass is 10.1. The lowest BCUT2D eigenvalue weighted by Gasteiger charge is -2.12. The molecule has 0 aliphatic rings. The standard InChI is InChI=1S/C24H30N4O2S/c1-17(2)12-13-28-22(15-30-21-8-6-5-7-9-21)26-27-24(28)31-16-23(29)25-20-11-10-18(3)19(4)14-20/h5-11,14,17H,12-13,15-16H2,1-4H3,(H,25,29). The molecule has 0 saturated carbocycles. The van der Waals surface area contributed by atoms with Crippen molar-refractivity contribution < 1.29 is 9.53 Å². The smallest absolute Gasteiger partial charge is 0.234 e. The van der Waals surface area contributed by atoms with Crippen molar-refractivity contribution in [3.63, 3.8) is 0 Å². The molecule has 2 aromatic carbocycles. The Labute approximate surface area is 188 Å². The van der Waals surface area contributed by atoms with Crippen LogP contribution in [0.2, 0.25) is 0 Å². The van der Waals surface area contributed by atoms with Crippen LogP contribution in [0.1, 0.15) is 37.2 Å². The van der Waals surface area contributed by atoms with E-state index < -0.39 is 0 Å². The molecule has 0 aliphatic carbocycles. The number of aromatic nitrogens is 3. The summed E-state index contributed by atoms with van der Waals surface area (Å²) in [6, 6.07) is 15.6. The van der Waals surface area contributed by atoms with Crippen molar-refractivity contribution in [3.8, 4) is 5.75 Å².